The van der Waals surface area contributed by atoms with Crippen LogP contribution >= 0.6 is 28.4 Å². The first-order chi connectivity index (χ1) is 4.18. The Morgan fingerprint density at radius 2 is 2.33 bits per heavy atom. The molecule has 0 fully saturated rings. The van der Waals surface area contributed by atoms with Gasteiger partial charge in [0.25, 0.3) is 0 Å². The topological polar surface area (TPSA) is 29.3 Å². The maximum atomic E-state index is 5.29. The fourth-order valence-corrected chi connectivity index (χ4v) is 0.749. The lowest BCUT2D eigenvalue weighted by atomic mass is 10.3. The van der Waals surface area contributed by atoms with Gasteiger partial charge >= 0.3 is 0 Å². The molecule has 0 aromatic carbocycles. The van der Waals surface area contributed by atoms with Crippen LogP contribution < -0.4 is 5.73 Å². The quantitative estimate of drug-likeness (QED) is 0.568. The van der Waals surface area contributed by atoms with Crippen LogP contribution in [0.5, 0.6) is 0 Å². The van der Waals surface area contributed by atoms with E-state index in [1.54, 1.807) is 3.93 Å². The van der Waals surface area contributed by atoms with Gasteiger partial charge in [-0.15, -0.1) is 0 Å². The summed E-state index contributed by atoms with van der Waals surface area (Å²) in [7, 11) is 0. The van der Waals surface area contributed by atoms with E-state index in [-0.39, 0.29) is 0 Å². The third-order valence-corrected chi connectivity index (χ3v) is 2.14. The summed E-state index contributed by atoms with van der Waals surface area (Å²) in [5.74, 6) is 0. The molecule has 2 N–H and O–H groups in total. The van der Waals surface area contributed by atoms with Crippen LogP contribution in [0.1, 0.15) is 19.8 Å². The van der Waals surface area contributed by atoms with E-state index in [2.05, 4.69) is 35.3 Å². The Kier molecular flexibility index (Phi) is 5.09. The fraction of sp³-hybridized carbons (Fsp3) is 0.800. The average molecular weight is 211 g/mol. The van der Waals surface area contributed by atoms with Gasteiger partial charge in [-0.2, -0.15) is 0 Å². The summed E-state index contributed by atoms with van der Waals surface area (Å²) in [6.45, 7) is 3.02. The molecular formula is C5H11BrN2S. The normalized spacial score (nSPS) is 9.11. The number of rotatable bonds is 3. The van der Waals surface area contributed by atoms with Crippen LogP contribution in [0.2, 0.25) is 0 Å². The van der Waals surface area contributed by atoms with Gasteiger partial charge < -0.3 is 5.73 Å². The van der Waals surface area contributed by atoms with E-state index in [1.807, 2.05) is 0 Å². The first-order valence-corrected chi connectivity index (χ1v) is 4.03. The summed E-state index contributed by atoms with van der Waals surface area (Å²) < 4.78 is 1.70. The molecule has 0 heterocycles. The lowest BCUT2D eigenvalue weighted by Gasteiger charge is -2.11. The zero-order valence-electron chi connectivity index (χ0n) is 5.43. The summed E-state index contributed by atoms with van der Waals surface area (Å²) in [5.41, 5.74) is 5.29. The smallest absolute Gasteiger partial charge is 0.176 e. The van der Waals surface area contributed by atoms with Crippen molar-refractivity contribution in [2.45, 2.75) is 19.8 Å². The summed E-state index contributed by atoms with van der Waals surface area (Å²) >= 11 is 7.90. The lowest BCUT2D eigenvalue weighted by molar-refractivity contribution is 0.634. The van der Waals surface area contributed by atoms with E-state index in [0.717, 1.165) is 19.4 Å². The molecule has 0 aromatic rings. The van der Waals surface area contributed by atoms with E-state index in [9.17, 15) is 0 Å². The Balaban J connectivity index is 3.27. The minimum atomic E-state index is 0.406. The van der Waals surface area contributed by atoms with Crippen LogP contribution in [-0.4, -0.2) is 15.6 Å². The van der Waals surface area contributed by atoms with Crippen molar-refractivity contribution in [2.75, 3.05) is 6.54 Å². The van der Waals surface area contributed by atoms with Crippen molar-refractivity contribution in [3.05, 3.63) is 0 Å². The van der Waals surface area contributed by atoms with Gasteiger partial charge in [0.1, 0.15) is 0 Å². The second-order valence-corrected chi connectivity index (χ2v) is 3.05. The Morgan fingerprint density at radius 1 is 1.78 bits per heavy atom. The molecule has 54 valence electrons. The molecule has 0 aliphatic carbocycles. The van der Waals surface area contributed by atoms with Crippen LogP contribution in [0.3, 0.4) is 0 Å². The molecule has 9 heavy (non-hydrogen) atoms. The van der Waals surface area contributed by atoms with Crippen molar-refractivity contribution in [3.8, 4) is 0 Å². The van der Waals surface area contributed by atoms with E-state index >= 15 is 0 Å². The van der Waals surface area contributed by atoms with E-state index in [0.29, 0.717) is 5.11 Å². The zero-order chi connectivity index (χ0) is 7.28. The average Bonchev–Trinajstić information content (AvgIpc) is 1.82. The van der Waals surface area contributed by atoms with Crippen molar-refractivity contribution >= 4 is 33.5 Å². The SMILES string of the molecule is CCCCN(Br)C(N)=S. The van der Waals surface area contributed by atoms with Gasteiger partial charge in [0.2, 0.25) is 0 Å². The van der Waals surface area contributed by atoms with Crippen molar-refractivity contribution in [2.24, 2.45) is 5.73 Å². The van der Waals surface area contributed by atoms with Crippen molar-refractivity contribution in [1.82, 2.24) is 3.93 Å². The molecule has 0 aliphatic heterocycles. The summed E-state index contributed by atoms with van der Waals surface area (Å²) in [4.78, 5) is 0. The van der Waals surface area contributed by atoms with Crippen LogP contribution in [0.25, 0.3) is 0 Å². The minimum absolute atomic E-state index is 0.406. The Morgan fingerprint density at radius 3 is 2.67 bits per heavy atom. The highest BCUT2D eigenvalue weighted by molar-refractivity contribution is 9.07. The highest BCUT2D eigenvalue weighted by Gasteiger charge is 1.97. The molecule has 0 unspecified atom stereocenters. The van der Waals surface area contributed by atoms with Crippen LogP contribution in [0.15, 0.2) is 0 Å². The maximum Gasteiger partial charge on any atom is 0.176 e. The van der Waals surface area contributed by atoms with Gasteiger partial charge in [-0.25, -0.2) is 0 Å². The standard InChI is InChI=1S/C5H11BrN2S/c1-2-3-4-8(6)5(7)9/h2-4H2,1H3,(H2,7,9). The number of nitrogens with zero attached hydrogens (tertiary/aromatic N) is 1. The van der Waals surface area contributed by atoms with Crippen molar-refractivity contribution in [1.29, 1.82) is 0 Å². The molecular weight excluding hydrogens is 200 g/mol. The van der Waals surface area contributed by atoms with Gasteiger partial charge in [-0.1, -0.05) is 13.3 Å². The Hall–Kier alpha value is 0.170. The van der Waals surface area contributed by atoms with Crippen molar-refractivity contribution < 1.29 is 0 Å². The molecule has 0 aliphatic rings. The molecule has 0 amide bonds. The molecule has 0 atom stereocenters. The summed E-state index contributed by atoms with van der Waals surface area (Å²) in [5, 5.41) is 0.406. The van der Waals surface area contributed by atoms with E-state index in [4.69, 9.17) is 5.73 Å². The number of thiocarbonyl (C=S) groups is 1. The van der Waals surface area contributed by atoms with E-state index < -0.39 is 0 Å². The van der Waals surface area contributed by atoms with Gasteiger partial charge in [-0.3, -0.25) is 3.93 Å². The van der Waals surface area contributed by atoms with Gasteiger partial charge in [-0.05, 0) is 18.6 Å². The highest BCUT2D eigenvalue weighted by Crippen LogP contribution is 1.99. The number of hydrogen-bond acceptors (Lipinski definition) is 1. The summed E-state index contributed by atoms with van der Waals surface area (Å²) in [6.07, 6.45) is 2.27. The first kappa shape index (κ1) is 9.17. The van der Waals surface area contributed by atoms with Crippen LogP contribution in [0.4, 0.5) is 0 Å². The molecule has 4 heteroatoms. The molecule has 0 aromatic heterocycles. The molecule has 0 spiro atoms. The summed E-state index contributed by atoms with van der Waals surface area (Å²) in [6, 6.07) is 0. The molecule has 0 saturated heterocycles. The predicted octanol–water partition coefficient (Wildman–Crippen LogP) is 1.64. The van der Waals surface area contributed by atoms with Crippen LogP contribution in [0, 0.1) is 0 Å². The fourth-order valence-electron chi connectivity index (χ4n) is 0.407. The van der Waals surface area contributed by atoms with Crippen LogP contribution in [-0.2, 0) is 0 Å². The maximum absolute atomic E-state index is 5.29. The monoisotopic (exact) mass is 210 g/mol. The second-order valence-electron chi connectivity index (χ2n) is 1.78. The number of hydrogen-bond donors (Lipinski definition) is 1. The van der Waals surface area contributed by atoms with Gasteiger partial charge in [0, 0.05) is 6.54 Å². The third kappa shape index (κ3) is 4.66. The Labute approximate surface area is 69.7 Å². The molecule has 2 nitrogen and oxygen atoms in total. The number of nitrogens with two attached hydrogens (primary N) is 1. The molecule has 0 radical (unpaired) electrons. The van der Waals surface area contributed by atoms with E-state index in [1.165, 1.54) is 0 Å². The number of halogens is 1. The Bertz CT molecular complexity index is 97.0. The third-order valence-electron chi connectivity index (χ3n) is 0.947. The van der Waals surface area contributed by atoms with Gasteiger partial charge in [0.15, 0.2) is 5.11 Å². The van der Waals surface area contributed by atoms with Crippen molar-refractivity contribution in [3.63, 3.8) is 0 Å². The number of unbranched alkanes of at least 4 members (excludes halogenated alkanes) is 1. The molecule has 0 saturated carbocycles. The largest absolute Gasteiger partial charge is 0.375 e. The van der Waals surface area contributed by atoms with Gasteiger partial charge in [0.05, 0.1) is 16.1 Å². The first-order valence-electron chi connectivity index (χ1n) is 2.91. The highest BCUT2D eigenvalue weighted by atomic mass is 79.9. The molecule has 0 rings (SSSR count). The second kappa shape index (κ2) is 4.99. The predicted molar refractivity (Wildman–Crippen MR) is 47.3 cm³/mol. The lowest BCUT2D eigenvalue weighted by Crippen LogP contribution is -2.27. The minimum Gasteiger partial charge on any atom is -0.375 e. The molecule has 0 bridgehead atoms. The zero-order valence-corrected chi connectivity index (χ0v) is 7.83.